The summed E-state index contributed by atoms with van der Waals surface area (Å²) >= 11 is 0. The van der Waals surface area contributed by atoms with Gasteiger partial charge in [-0.1, -0.05) is 31.5 Å². The Morgan fingerprint density at radius 1 is 1.25 bits per heavy atom. The van der Waals surface area contributed by atoms with Crippen molar-refractivity contribution in [2.75, 3.05) is 32.9 Å². The molecule has 1 atom stereocenters. The Balaban J connectivity index is 1.76. The lowest BCUT2D eigenvalue weighted by Crippen LogP contribution is -2.52. The molecule has 156 valence electrons. The van der Waals surface area contributed by atoms with Crippen LogP contribution in [0.15, 0.2) is 24.3 Å². The van der Waals surface area contributed by atoms with Gasteiger partial charge in [-0.25, -0.2) is 12.7 Å². The molecule has 2 aliphatic heterocycles. The largest absolute Gasteiger partial charge is 0.487 e. The Labute approximate surface area is 168 Å². The second-order valence-electron chi connectivity index (χ2n) is 8.28. The SMILES string of the molecule is CCCCS(=O)(=O)N1CCC2(CC1)CC(CC(=O)N(C)C)c1ccccc1O2. The molecular formula is C21H32N2O4S. The number of carbonyl (C=O) groups excluding carboxylic acids is 1. The van der Waals surface area contributed by atoms with Crippen LogP contribution in [0.4, 0.5) is 0 Å². The monoisotopic (exact) mass is 408 g/mol. The third-order valence-corrected chi connectivity index (χ3v) is 7.96. The van der Waals surface area contributed by atoms with Gasteiger partial charge in [0, 0.05) is 52.4 Å². The van der Waals surface area contributed by atoms with Gasteiger partial charge in [0.05, 0.1) is 5.75 Å². The highest BCUT2D eigenvalue weighted by atomic mass is 32.2. The van der Waals surface area contributed by atoms with E-state index >= 15 is 0 Å². The number of hydrogen-bond acceptors (Lipinski definition) is 4. The van der Waals surface area contributed by atoms with Crippen LogP contribution in [0.3, 0.4) is 0 Å². The van der Waals surface area contributed by atoms with E-state index in [1.165, 1.54) is 0 Å². The number of piperidine rings is 1. The number of nitrogens with zero attached hydrogens (tertiary/aromatic N) is 2. The van der Waals surface area contributed by atoms with E-state index in [0.717, 1.165) is 24.2 Å². The van der Waals surface area contributed by atoms with Crippen molar-refractivity contribution in [3.05, 3.63) is 29.8 Å². The van der Waals surface area contributed by atoms with E-state index in [9.17, 15) is 13.2 Å². The summed E-state index contributed by atoms with van der Waals surface area (Å²) in [5, 5.41) is 0. The Bertz CT molecular complexity index is 798. The van der Waals surface area contributed by atoms with E-state index in [0.29, 0.717) is 38.8 Å². The first-order chi connectivity index (χ1) is 13.3. The summed E-state index contributed by atoms with van der Waals surface area (Å²) < 4.78 is 33.1. The second-order valence-corrected chi connectivity index (χ2v) is 10.4. The van der Waals surface area contributed by atoms with Crippen LogP contribution in [-0.2, 0) is 14.8 Å². The van der Waals surface area contributed by atoms with Crippen LogP contribution >= 0.6 is 0 Å². The van der Waals surface area contributed by atoms with E-state index in [-0.39, 0.29) is 23.2 Å². The minimum absolute atomic E-state index is 0.100. The fourth-order valence-electron chi connectivity index (χ4n) is 4.25. The van der Waals surface area contributed by atoms with Crippen molar-refractivity contribution in [1.82, 2.24) is 9.21 Å². The molecule has 1 amide bonds. The maximum atomic E-state index is 12.5. The van der Waals surface area contributed by atoms with Gasteiger partial charge in [0.2, 0.25) is 15.9 Å². The fourth-order valence-corrected chi connectivity index (χ4v) is 5.90. The maximum absolute atomic E-state index is 12.5. The molecule has 0 bridgehead atoms. The van der Waals surface area contributed by atoms with Gasteiger partial charge in [-0.15, -0.1) is 0 Å². The molecule has 2 aliphatic rings. The molecule has 7 heteroatoms. The molecule has 1 aromatic carbocycles. The van der Waals surface area contributed by atoms with Crippen molar-refractivity contribution in [2.24, 2.45) is 0 Å². The number of rotatable bonds is 6. The number of carbonyl (C=O) groups is 1. The number of fused-ring (bicyclic) bond motifs is 1. The first-order valence-electron chi connectivity index (χ1n) is 10.2. The molecule has 1 unspecified atom stereocenters. The van der Waals surface area contributed by atoms with Gasteiger partial charge in [0.25, 0.3) is 0 Å². The van der Waals surface area contributed by atoms with Gasteiger partial charge >= 0.3 is 0 Å². The predicted octanol–water partition coefficient (Wildman–Crippen LogP) is 3.00. The number of para-hydroxylation sites is 1. The summed E-state index contributed by atoms with van der Waals surface area (Å²) in [7, 11) is 0.373. The molecule has 1 aromatic rings. The van der Waals surface area contributed by atoms with Gasteiger partial charge in [-0.2, -0.15) is 0 Å². The van der Waals surface area contributed by atoms with E-state index in [1.54, 1.807) is 23.3 Å². The van der Waals surface area contributed by atoms with E-state index in [1.807, 2.05) is 31.2 Å². The highest BCUT2D eigenvalue weighted by molar-refractivity contribution is 7.89. The Morgan fingerprint density at radius 3 is 2.57 bits per heavy atom. The molecule has 3 rings (SSSR count). The highest BCUT2D eigenvalue weighted by Crippen LogP contribution is 2.46. The molecule has 0 saturated carbocycles. The summed E-state index contributed by atoms with van der Waals surface area (Å²) in [6.45, 7) is 2.98. The molecule has 0 aliphatic carbocycles. The zero-order valence-corrected chi connectivity index (χ0v) is 18.0. The number of hydrogen-bond donors (Lipinski definition) is 0. The first-order valence-corrected chi connectivity index (χ1v) is 11.8. The molecule has 1 spiro atoms. The van der Waals surface area contributed by atoms with Crippen LogP contribution < -0.4 is 4.74 Å². The molecule has 28 heavy (non-hydrogen) atoms. The Morgan fingerprint density at radius 2 is 1.93 bits per heavy atom. The molecule has 6 nitrogen and oxygen atoms in total. The minimum atomic E-state index is -3.19. The average Bonchev–Trinajstić information content (AvgIpc) is 2.66. The number of benzene rings is 1. The maximum Gasteiger partial charge on any atom is 0.222 e. The third-order valence-electron chi connectivity index (χ3n) is 6.01. The van der Waals surface area contributed by atoms with Gasteiger partial charge in [-0.05, 0) is 24.5 Å². The quantitative estimate of drug-likeness (QED) is 0.726. The van der Waals surface area contributed by atoms with Crippen LogP contribution in [0, 0.1) is 0 Å². The summed E-state index contributed by atoms with van der Waals surface area (Å²) in [5.74, 6) is 1.27. The number of amides is 1. The first kappa shape index (κ1) is 21.1. The third kappa shape index (κ3) is 4.51. The van der Waals surface area contributed by atoms with Crippen LogP contribution in [0.25, 0.3) is 0 Å². The fraction of sp³-hybridized carbons (Fsp3) is 0.667. The molecule has 0 N–H and O–H groups in total. The summed E-state index contributed by atoms with van der Waals surface area (Å²) in [6.07, 6.45) is 4.11. The van der Waals surface area contributed by atoms with E-state index in [2.05, 4.69) is 0 Å². The van der Waals surface area contributed by atoms with Crippen LogP contribution in [0.2, 0.25) is 0 Å². The topological polar surface area (TPSA) is 66.9 Å². The van der Waals surface area contributed by atoms with Crippen molar-refractivity contribution < 1.29 is 17.9 Å². The molecule has 1 saturated heterocycles. The summed E-state index contributed by atoms with van der Waals surface area (Å²) in [4.78, 5) is 14.0. The van der Waals surface area contributed by atoms with Crippen LogP contribution in [0.1, 0.15) is 56.9 Å². The smallest absolute Gasteiger partial charge is 0.222 e. The van der Waals surface area contributed by atoms with Crippen molar-refractivity contribution >= 4 is 15.9 Å². The van der Waals surface area contributed by atoms with Crippen molar-refractivity contribution in [3.8, 4) is 5.75 Å². The lowest BCUT2D eigenvalue weighted by molar-refractivity contribution is -0.129. The van der Waals surface area contributed by atoms with Gasteiger partial charge in [0.1, 0.15) is 11.4 Å². The zero-order valence-electron chi connectivity index (χ0n) is 17.2. The normalized spacial score (nSPS) is 21.8. The molecule has 0 radical (unpaired) electrons. The molecule has 2 heterocycles. The Hall–Kier alpha value is -1.60. The number of ether oxygens (including phenoxy) is 1. The second kappa shape index (κ2) is 8.41. The number of sulfonamides is 1. The Kier molecular flexibility index (Phi) is 6.34. The summed E-state index contributed by atoms with van der Waals surface area (Å²) in [5.41, 5.74) is 0.698. The van der Waals surface area contributed by atoms with Crippen LogP contribution in [0.5, 0.6) is 5.75 Å². The summed E-state index contributed by atoms with van der Waals surface area (Å²) in [6, 6.07) is 7.94. The van der Waals surface area contributed by atoms with Crippen LogP contribution in [-0.4, -0.2) is 62.1 Å². The minimum Gasteiger partial charge on any atom is -0.487 e. The zero-order chi connectivity index (χ0) is 20.4. The molecule has 1 fully saturated rings. The van der Waals surface area contributed by atoms with Crippen molar-refractivity contribution in [3.63, 3.8) is 0 Å². The molecule has 0 aromatic heterocycles. The van der Waals surface area contributed by atoms with Gasteiger partial charge < -0.3 is 9.64 Å². The van der Waals surface area contributed by atoms with E-state index in [4.69, 9.17) is 4.74 Å². The van der Waals surface area contributed by atoms with E-state index < -0.39 is 10.0 Å². The van der Waals surface area contributed by atoms with Crippen molar-refractivity contribution in [1.29, 1.82) is 0 Å². The van der Waals surface area contributed by atoms with Crippen molar-refractivity contribution in [2.45, 2.75) is 57.0 Å². The number of unbranched alkanes of at least 4 members (excludes halogenated alkanes) is 1. The molecular weight excluding hydrogens is 376 g/mol. The lowest BCUT2D eigenvalue weighted by atomic mass is 9.76. The average molecular weight is 409 g/mol. The highest BCUT2D eigenvalue weighted by Gasteiger charge is 2.45. The van der Waals surface area contributed by atoms with Gasteiger partial charge in [-0.3, -0.25) is 4.79 Å². The lowest BCUT2D eigenvalue weighted by Gasteiger charge is -2.46. The van der Waals surface area contributed by atoms with Gasteiger partial charge in [0.15, 0.2) is 0 Å². The standard InChI is InChI=1S/C21H32N2O4S/c1-4-5-14-28(25,26)23-12-10-21(11-13-23)16-17(15-20(24)22(2)3)18-8-6-7-9-19(18)27-21/h6-9,17H,4-5,10-16H2,1-3H3. The predicted molar refractivity (Wildman–Crippen MR) is 110 cm³/mol.